The number of carbonyl (C=O) groups excluding carboxylic acids is 2. The first-order chi connectivity index (χ1) is 18.3. The molecule has 0 aliphatic heterocycles. The van der Waals surface area contributed by atoms with Gasteiger partial charge in [-0.25, -0.2) is 4.79 Å². The summed E-state index contributed by atoms with van der Waals surface area (Å²) in [5.41, 5.74) is 2.13. The molecule has 4 aromatic rings. The third kappa shape index (κ3) is 6.11. The lowest BCUT2D eigenvalue weighted by Gasteiger charge is -2.12. The molecule has 0 saturated carbocycles. The van der Waals surface area contributed by atoms with Crippen molar-refractivity contribution in [3.8, 4) is 22.9 Å². The summed E-state index contributed by atoms with van der Waals surface area (Å²) in [5.74, 6) is 0.884. The molecule has 7 nitrogen and oxygen atoms in total. The highest BCUT2D eigenvalue weighted by molar-refractivity contribution is 6.30. The molecule has 0 fully saturated rings. The highest BCUT2D eigenvalue weighted by Gasteiger charge is 2.27. The summed E-state index contributed by atoms with van der Waals surface area (Å²) in [6, 6.07) is 19.9. The summed E-state index contributed by atoms with van der Waals surface area (Å²) in [7, 11) is 0. The van der Waals surface area contributed by atoms with E-state index in [-0.39, 0.29) is 31.3 Å². The number of halogens is 1. The summed E-state index contributed by atoms with van der Waals surface area (Å²) in [6.07, 6.45) is -0.0609. The molecule has 0 amide bonds. The SMILES string of the molecule is CCOC(=O)Cc1c(C(=O)OCC)c2cc(Oc3ccc(OC(C)C)cc3)ccc2n1-c1cccc(Cl)c1. The van der Waals surface area contributed by atoms with Crippen LogP contribution in [0.5, 0.6) is 17.2 Å². The van der Waals surface area contributed by atoms with Gasteiger partial charge < -0.3 is 23.5 Å². The molecule has 0 spiro atoms. The largest absolute Gasteiger partial charge is 0.491 e. The average molecular weight is 536 g/mol. The monoisotopic (exact) mass is 535 g/mol. The second-order valence-corrected chi connectivity index (χ2v) is 9.19. The van der Waals surface area contributed by atoms with Crippen molar-refractivity contribution in [1.29, 1.82) is 0 Å². The van der Waals surface area contributed by atoms with Crippen LogP contribution in [0.4, 0.5) is 0 Å². The Morgan fingerprint density at radius 2 is 1.55 bits per heavy atom. The number of hydrogen-bond donors (Lipinski definition) is 0. The van der Waals surface area contributed by atoms with Gasteiger partial charge in [0.25, 0.3) is 0 Å². The Morgan fingerprint density at radius 3 is 2.21 bits per heavy atom. The van der Waals surface area contributed by atoms with Crippen LogP contribution < -0.4 is 9.47 Å². The number of hydrogen-bond acceptors (Lipinski definition) is 6. The molecule has 0 atom stereocenters. The maximum atomic E-state index is 13.3. The highest BCUT2D eigenvalue weighted by Crippen LogP contribution is 2.35. The zero-order valence-electron chi connectivity index (χ0n) is 21.8. The first kappa shape index (κ1) is 27.1. The minimum absolute atomic E-state index is 0.0674. The minimum Gasteiger partial charge on any atom is -0.491 e. The molecule has 38 heavy (non-hydrogen) atoms. The van der Waals surface area contributed by atoms with Crippen LogP contribution in [0, 0.1) is 0 Å². The quantitative estimate of drug-likeness (QED) is 0.201. The Balaban J connectivity index is 1.85. The van der Waals surface area contributed by atoms with Crippen LogP contribution in [-0.2, 0) is 20.7 Å². The molecule has 0 N–H and O–H groups in total. The fraction of sp³-hybridized carbons (Fsp3) is 0.267. The van der Waals surface area contributed by atoms with Crippen molar-refractivity contribution in [3.63, 3.8) is 0 Å². The van der Waals surface area contributed by atoms with Crippen molar-refractivity contribution in [2.45, 2.75) is 40.2 Å². The van der Waals surface area contributed by atoms with E-state index < -0.39 is 11.9 Å². The van der Waals surface area contributed by atoms with Crippen molar-refractivity contribution >= 4 is 34.4 Å². The third-order valence-electron chi connectivity index (χ3n) is 5.63. The third-order valence-corrected chi connectivity index (χ3v) is 5.87. The molecule has 0 saturated heterocycles. The summed E-state index contributed by atoms with van der Waals surface area (Å²) in [4.78, 5) is 25.9. The Kier molecular flexibility index (Phi) is 8.59. The molecule has 3 aromatic carbocycles. The zero-order chi connectivity index (χ0) is 27.2. The molecule has 4 rings (SSSR count). The summed E-state index contributed by atoms with van der Waals surface area (Å²) in [5, 5.41) is 1.11. The van der Waals surface area contributed by atoms with E-state index in [2.05, 4.69) is 0 Å². The Morgan fingerprint density at radius 1 is 0.868 bits per heavy atom. The van der Waals surface area contributed by atoms with Crippen LogP contribution >= 0.6 is 11.6 Å². The molecule has 1 aromatic heterocycles. The maximum Gasteiger partial charge on any atom is 0.340 e. The van der Waals surface area contributed by atoms with Crippen LogP contribution in [0.1, 0.15) is 43.7 Å². The average Bonchev–Trinajstić information content (AvgIpc) is 3.18. The van der Waals surface area contributed by atoms with Crippen LogP contribution in [0.25, 0.3) is 16.6 Å². The second kappa shape index (κ2) is 12.0. The van der Waals surface area contributed by atoms with E-state index in [0.717, 1.165) is 5.75 Å². The zero-order valence-corrected chi connectivity index (χ0v) is 22.6. The standard InChI is InChI=1S/C30H30ClNO6/c1-5-35-28(33)18-27-29(30(34)36-6-2)25-17-24(38-23-12-10-22(11-13-23)37-19(3)4)14-15-26(25)32(27)21-9-7-8-20(31)16-21/h7-17,19H,5-6,18H2,1-4H3. The van der Waals surface area contributed by atoms with E-state index >= 15 is 0 Å². The Bertz CT molecular complexity index is 1440. The molecule has 8 heteroatoms. The fourth-order valence-corrected chi connectivity index (χ4v) is 4.42. The molecule has 0 radical (unpaired) electrons. The van der Waals surface area contributed by atoms with Gasteiger partial charge in [-0.15, -0.1) is 0 Å². The van der Waals surface area contributed by atoms with Gasteiger partial charge in [0.1, 0.15) is 17.2 Å². The maximum absolute atomic E-state index is 13.3. The van der Waals surface area contributed by atoms with Gasteiger partial charge >= 0.3 is 11.9 Å². The normalized spacial score (nSPS) is 11.0. The molecule has 0 unspecified atom stereocenters. The first-order valence-corrected chi connectivity index (χ1v) is 12.9. The van der Waals surface area contributed by atoms with Gasteiger partial charge in [-0.2, -0.15) is 0 Å². The summed E-state index contributed by atoms with van der Waals surface area (Å²) >= 11 is 6.30. The number of esters is 2. The van der Waals surface area contributed by atoms with Crippen molar-refractivity contribution in [1.82, 2.24) is 4.57 Å². The van der Waals surface area contributed by atoms with Crippen molar-refractivity contribution in [3.05, 3.63) is 83.0 Å². The van der Waals surface area contributed by atoms with Gasteiger partial charge in [-0.1, -0.05) is 17.7 Å². The lowest BCUT2D eigenvalue weighted by Crippen LogP contribution is -2.15. The van der Waals surface area contributed by atoms with Crippen LogP contribution in [0.3, 0.4) is 0 Å². The number of fused-ring (bicyclic) bond motifs is 1. The molecule has 0 bridgehead atoms. The number of ether oxygens (including phenoxy) is 4. The highest BCUT2D eigenvalue weighted by atomic mass is 35.5. The first-order valence-electron chi connectivity index (χ1n) is 12.5. The molecular weight excluding hydrogens is 506 g/mol. The predicted molar refractivity (Wildman–Crippen MR) is 147 cm³/mol. The van der Waals surface area contributed by atoms with E-state index in [1.165, 1.54) is 0 Å². The van der Waals surface area contributed by atoms with E-state index in [4.69, 9.17) is 30.5 Å². The van der Waals surface area contributed by atoms with Crippen molar-refractivity contribution in [2.24, 2.45) is 0 Å². The van der Waals surface area contributed by atoms with Gasteiger partial charge in [0.15, 0.2) is 0 Å². The number of carbonyl (C=O) groups is 2. The smallest absolute Gasteiger partial charge is 0.340 e. The molecule has 1 heterocycles. The van der Waals surface area contributed by atoms with Gasteiger partial charge in [-0.3, -0.25) is 4.79 Å². The lowest BCUT2D eigenvalue weighted by atomic mass is 10.1. The van der Waals surface area contributed by atoms with Gasteiger partial charge in [0.05, 0.1) is 36.8 Å². The fourth-order valence-electron chi connectivity index (χ4n) is 4.24. The van der Waals surface area contributed by atoms with E-state index in [0.29, 0.717) is 38.8 Å². The van der Waals surface area contributed by atoms with Crippen molar-refractivity contribution < 1.29 is 28.5 Å². The van der Waals surface area contributed by atoms with E-state index in [1.54, 1.807) is 32.0 Å². The van der Waals surface area contributed by atoms with Gasteiger partial charge in [-0.05, 0) is 88.4 Å². The second-order valence-electron chi connectivity index (χ2n) is 8.76. The molecule has 198 valence electrons. The van der Waals surface area contributed by atoms with E-state index in [9.17, 15) is 9.59 Å². The molecular formula is C30H30ClNO6. The minimum atomic E-state index is -0.537. The number of aromatic nitrogens is 1. The number of nitrogens with zero attached hydrogens (tertiary/aromatic N) is 1. The lowest BCUT2D eigenvalue weighted by molar-refractivity contribution is -0.142. The van der Waals surface area contributed by atoms with Crippen LogP contribution in [-0.4, -0.2) is 35.8 Å². The van der Waals surface area contributed by atoms with Gasteiger partial charge in [0, 0.05) is 21.8 Å². The number of benzene rings is 3. The Hall–Kier alpha value is -3.97. The number of rotatable bonds is 10. The summed E-state index contributed by atoms with van der Waals surface area (Å²) < 4.78 is 24.3. The summed E-state index contributed by atoms with van der Waals surface area (Å²) in [6.45, 7) is 7.81. The van der Waals surface area contributed by atoms with E-state index in [1.807, 2.05) is 66.9 Å². The topological polar surface area (TPSA) is 76.0 Å². The Labute approximate surface area is 226 Å². The predicted octanol–water partition coefficient (Wildman–Crippen LogP) is 7.15. The molecule has 0 aliphatic carbocycles. The van der Waals surface area contributed by atoms with Crippen LogP contribution in [0.2, 0.25) is 5.02 Å². The molecule has 0 aliphatic rings. The van der Waals surface area contributed by atoms with Crippen LogP contribution in [0.15, 0.2) is 66.7 Å². The van der Waals surface area contributed by atoms with Gasteiger partial charge in [0.2, 0.25) is 0 Å². The van der Waals surface area contributed by atoms with Crippen molar-refractivity contribution in [2.75, 3.05) is 13.2 Å².